The van der Waals surface area contributed by atoms with Gasteiger partial charge in [0.05, 0.1) is 6.54 Å². The van der Waals surface area contributed by atoms with Crippen LogP contribution in [0.4, 0.5) is 8.78 Å². The lowest BCUT2D eigenvalue weighted by Gasteiger charge is -2.21. The first-order chi connectivity index (χ1) is 13.6. The maximum atomic E-state index is 12.5. The van der Waals surface area contributed by atoms with Crippen molar-refractivity contribution in [3.63, 3.8) is 0 Å². The highest BCUT2D eigenvalue weighted by Gasteiger charge is 2.20. The Morgan fingerprint density at radius 2 is 1.83 bits per heavy atom. The number of carbonyl (C=O) groups is 1. The van der Waals surface area contributed by atoms with Crippen LogP contribution in [0.25, 0.3) is 0 Å². The van der Waals surface area contributed by atoms with Crippen molar-refractivity contribution in [2.45, 2.75) is 52.2 Å². The van der Waals surface area contributed by atoms with E-state index in [1.807, 2.05) is 6.92 Å². The van der Waals surface area contributed by atoms with Crippen LogP contribution in [0.5, 0.6) is 5.75 Å². The van der Waals surface area contributed by atoms with E-state index in [1.165, 1.54) is 12.5 Å². The quantitative estimate of drug-likeness (QED) is 0.200. The zero-order valence-corrected chi connectivity index (χ0v) is 19.1. The summed E-state index contributed by atoms with van der Waals surface area (Å²) >= 11 is 0. The molecule has 0 saturated heterocycles. The Balaban J connectivity index is 0.00000420. The van der Waals surface area contributed by atoms with E-state index >= 15 is 0 Å². The zero-order valence-electron chi connectivity index (χ0n) is 16.8. The highest BCUT2D eigenvalue weighted by Crippen LogP contribution is 2.23. The number of rotatable bonds is 9. The molecule has 6 nitrogen and oxygen atoms in total. The number of halogens is 3. The van der Waals surface area contributed by atoms with Crippen molar-refractivity contribution in [1.82, 2.24) is 16.0 Å². The van der Waals surface area contributed by atoms with Gasteiger partial charge in [-0.15, -0.1) is 24.0 Å². The predicted octanol–water partition coefficient (Wildman–Crippen LogP) is 3.66. The van der Waals surface area contributed by atoms with Crippen LogP contribution in [-0.4, -0.2) is 38.1 Å². The molecule has 9 heteroatoms. The van der Waals surface area contributed by atoms with E-state index in [0.29, 0.717) is 31.2 Å². The van der Waals surface area contributed by atoms with Gasteiger partial charge in [-0.2, -0.15) is 8.78 Å². The molecule has 0 aliphatic heterocycles. The van der Waals surface area contributed by atoms with Crippen LogP contribution < -0.4 is 20.7 Å². The topological polar surface area (TPSA) is 74.8 Å². The monoisotopic (exact) mass is 524 g/mol. The second-order valence-corrected chi connectivity index (χ2v) is 6.73. The van der Waals surface area contributed by atoms with Crippen molar-refractivity contribution in [2.75, 3.05) is 19.6 Å². The number of guanidine groups is 1. The molecule has 1 aliphatic rings. The summed E-state index contributed by atoms with van der Waals surface area (Å²) in [5.41, 5.74) is 0.575. The Labute approximate surface area is 188 Å². The summed E-state index contributed by atoms with van der Waals surface area (Å²) < 4.78 is 29.5. The summed E-state index contributed by atoms with van der Waals surface area (Å²) in [6, 6.07) is 6.60. The molecular weight excluding hydrogens is 493 g/mol. The molecule has 164 valence electrons. The van der Waals surface area contributed by atoms with Gasteiger partial charge in [-0.05, 0) is 25.8 Å². The minimum atomic E-state index is -2.87. The smallest absolute Gasteiger partial charge is 0.387 e. The first-order valence-electron chi connectivity index (χ1n) is 9.92. The van der Waals surface area contributed by atoms with Crippen LogP contribution in [-0.2, 0) is 11.3 Å². The summed E-state index contributed by atoms with van der Waals surface area (Å²) in [4.78, 5) is 16.6. The molecule has 0 bridgehead atoms. The highest BCUT2D eigenvalue weighted by atomic mass is 127. The van der Waals surface area contributed by atoms with Crippen LogP contribution in [0.15, 0.2) is 29.3 Å². The molecule has 1 aromatic rings. The summed E-state index contributed by atoms with van der Waals surface area (Å²) in [5, 5.41) is 9.21. The van der Waals surface area contributed by atoms with Crippen molar-refractivity contribution in [2.24, 2.45) is 10.9 Å². The van der Waals surface area contributed by atoms with E-state index in [0.717, 1.165) is 25.7 Å². The van der Waals surface area contributed by atoms with Crippen molar-refractivity contribution >= 4 is 35.8 Å². The van der Waals surface area contributed by atoms with Crippen molar-refractivity contribution < 1.29 is 18.3 Å². The molecule has 29 heavy (non-hydrogen) atoms. The summed E-state index contributed by atoms with van der Waals surface area (Å²) in [6.07, 6.45) is 5.43. The van der Waals surface area contributed by atoms with E-state index in [1.54, 1.807) is 18.2 Å². The van der Waals surface area contributed by atoms with E-state index in [2.05, 4.69) is 25.7 Å². The third-order valence-electron chi connectivity index (χ3n) is 4.63. The molecule has 0 aromatic heterocycles. The molecule has 0 spiro atoms. The minimum absolute atomic E-state index is 0. The number of carbonyl (C=O) groups excluding carboxylic acids is 1. The fourth-order valence-electron chi connectivity index (χ4n) is 3.23. The van der Waals surface area contributed by atoms with Crippen molar-refractivity contribution in [3.05, 3.63) is 29.8 Å². The predicted molar refractivity (Wildman–Crippen MR) is 121 cm³/mol. The van der Waals surface area contributed by atoms with Gasteiger partial charge in [0.15, 0.2) is 5.96 Å². The standard InChI is InChI=1S/C20H30F2N4O2.HI/c1-2-23-20(25-13-12-24-18(27)15-8-4-3-5-9-15)26-14-16-10-6-7-11-17(16)28-19(21)22;/h6-7,10-11,15,19H,2-5,8-9,12-14H2,1H3,(H,24,27)(H2,23,25,26);1H. The van der Waals surface area contributed by atoms with Crippen LogP contribution >= 0.6 is 24.0 Å². The maximum absolute atomic E-state index is 12.5. The first kappa shape index (κ1) is 25.4. The molecule has 0 unspecified atom stereocenters. The maximum Gasteiger partial charge on any atom is 0.387 e. The number of aliphatic imine (C=N–C) groups is 1. The molecule has 1 aromatic carbocycles. The molecule has 0 radical (unpaired) electrons. The second-order valence-electron chi connectivity index (χ2n) is 6.73. The summed E-state index contributed by atoms with van der Waals surface area (Å²) in [5.74, 6) is 0.946. The molecule has 0 atom stereocenters. The number of amides is 1. The molecule has 1 saturated carbocycles. The number of nitrogens with zero attached hydrogens (tertiary/aromatic N) is 1. The van der Waals surface area contributed by atoms with E-state index in [-0.39, 0.29) is 48.1 Å². The van der Waals surface area contributed by atoms with Gasteiger partial charge in [-0.25, -0.2) is 4.99 Å². The van der Waals surface area contributed by atoms with Crippen LogP contribution in [0.3, 0.4) is 0 Å². The van der Waals surface area contributed by atoms with E-state index in [9.17, 15) is 13.6 Å². The first-order valence-corrected chi connectivity index (χ1v) is 9.92. The summed E-state index contributed by atoms with van der Waals surface area (Å²) in [6.45, 7) is 0.965. The van der Waals surface area contributed by atoms with Gasteiger partial charge in [0.25, 0.3) is 0 Å². The number of para-hydroxylation sites is 1. The molecule has 1 amide bonds. The Morgan fingerprint density at radius 1 is 1.14 bits per heavy atom. The second kappa shape index (κ2) is 14.4. The third kappa shape index (κ3) is 9.60. The number of hydrogen-bond donors (Lipinski definition) is 3. The van der Waals surface area contributed by atoms with Gasteiger partial charge in [0.1, 0.15) is 5.75 Å². The van der Waals surface area contributed by atoms with Crippen molar-refractivity contribution in [1.29, 1.82) is 0 Å². The Bertz CT molecular complexity index is 641. The fraction of sp³-hybridized carbons (Fsp3) is 0.600. The molecule has 3 N–H and O–H groups in total. The van der Waals surface area contributed by atoms with Crippen molar-refractivity contribution in [3.8, 4) is 5.75 Å². The van der Waals surface area contributed by atoms with Gasteiger partial charge >= 0.3 is 6.61 Å². The lowest BCUT2D eigenvalue weighted by molar-refractivity contribution is -0.125. The number of nitrogens with one attached hydrogen (secondary N) is 3. The van der Waals surface area contributed by atoms with Gasteiger partial charge in [-0.3, -0.25) is 4.79 Å². The number of benzene rings is 1. The lowest BCUT2D eigenvalue weighted by atomic mass is 9.89. The lowest BCUT2D eigenvalue weighted by Crippen LogP contribution is -2.42. The van der Waals surface area contributed by atoms with E-state index in [4.69, 9.17) is 0 Å². The summed E-state index contributed by atoms with van der Waals surface area (Å²) in [7, 11) is 0. The van der Waals surface area contributed by atoms with Crippen LogP contribution in [0, 0.1) is 5.92 Å². The van der Waals surface area contributed by atoms with Gasteiger partial charge in [0.2, 0.25) is 5.91 Å². The highest BCUT2D eigenvalue weighted by molar-refractivity contribution is 14.0. The number of alkyl halides is 2. The van der Waals surface area contributed by atoms with Gasteiger partial charge < -0.3 is 20.7 Å². The Kier molecular flexibility index (Phi) is 12.6. The molecule has 1 fully saturated rings. The molecule has 0 heterocycles. The largest absolute Gasteiger partial charge is 0.434 e. The number of hydrogen-bond acceptors (Lipinski definition) is 3. The van der Waals surface area contributed by atoms with Gasteiger partial charge in [0, 0.05) is 31.1 Å². The normalized spacial score (nSPS) is 14.8. The SMILES string of the molecule is CCNC(=NCc1ccccc1OC(F)F)NCCNC(=O)C1CCCCC1.I. The van der Waals surface area contributed by atoms with Crippen LogP contribution in [0.1, 0.15) is 44.6 Å². The Morgan fingerprint density at radius 3 is 2.52 bits per heavy atom. The zero-order chi connectivity index (χ0) is 20.2. The van der Waals surface area contributed by atoms with E-state index < -0.39 is 6.61 Å². The average Bonchev–Trinajstić information content (AvgIpc) is 2.70. The number of ether oxygens (including phenoxy) is 1. The van der Waals surface area contributed by atoms with Gasteiger partial charge in [-0.1, -0.05) is 37.5 Å². The Hall–Kier alpha value is -1.65. The molecule has 2 rings (SSSR count). The van der Waals surface area contributed by atoms with Crippen LogP contribution in [0.2, 0.25) is 0 Å². The third-order valence-corrected chi connectivity index (χ3v) is 4.63. The molecule has 1 aliphatic carbocycles. The average molecular weight is 524 g/mol. The minimum Gasteiger partial charge on any atom is -0.434 e. The fourth-order valence-corrected chi connectivity index (χ4v) is 3.23. The molecular formula is C20H31F2IN4O2.